The van der Waals surface area contributed by atoms with Crippen molar-refractivity contribution in [3.8, 4) is 0 Å². The van der Waals surface area contributed by atoms with Gasteiger partial charge < -0.3 is 20.7 Å². The maximum Gasteiger partial charge on any atom is 0.353 e. The van der Waals surface area contributed by atoms with Gasteiger partial charge >= 0.3 is 12.0 Å². The van der Waals surface area contributed by atoms with Gasteiger partial charge in [0.1, 0.15) is 11.5 Å². The lowest BCUT2D eigenvalue weighted by molar-refractivity contribution is 0.0690. The first-order chi connectivity index (χ1) is 8.93. The van der Waals surface area contributed by atoms with Gasteiger partial charge in [-0.25, -0.2) is 14.6 Å². The fraction of sp³-hybridized carbons (Fsp3) is 0.583. The van der Waals surface area contributed by atoms with Crippen LogP contribution in [0.2, 0.25) is 0 Å². The molecule has 1 aromatic heterocycles. The summed E-state index contributed by atoms with van der Waals surface area (Å²) in [7, 11) is 0. The lowest BCUT2D eigenvalue weighted by Gasteiger charge is -2.40. The van der Waals surface area contributed by atoms with Crippen molar-refractivity contribution in [2.24, 2.45) is 0 Å². The highest BCUT2D eigenvalue weighted by Gasteiger charge is 2.43. The number of carbonyl (C=O) groups excluding carboxylic acids is 1. The summed E-state index contributed by atoms with van der Waals surface area (Å²) in [4.78, 5) is 29.5. The molecule has 0 atom stereocenters. The van der Waals surface area contributed by atoms with Gasteiger partial charge in [0, 0.05) is 6.04 Å². The molecule has 1 fully saturated rings. The summed E-state index contributed by atoms with van der Waals surface area (Å²) in [6.07, 6.45) is 3.76. The summed E-state index contributed by atoms with van der Waals surface area (Å²) in [5.41, 5.74) is -0.528. The van der Waals surface area contributed by atoms with Gasteiger partial charge in [-0.1, -0.05) is 0 Å². The van der Waals surface area contributed by atoms with Crippen LogP contribution in [-0.2, 0) is 5.54 Å². The Labute approximate surface area is 110 Å². The molecule has 0 aromatic carbocycles. The zero-order chi connectivity index (χ0) is 14.0. The molecular weight excluding hydrogens is 248 g/mol. The Hall–Kier alpha value is -2.05. The molecule has 1 aliphatic rings. The maximum absolute atomic E-state index is 11.8. The average Bonchev–Trinajstić information content (AvgIpc) is 2.71. The SMILES string of the molecule is CC(C)NC(=O)NC1(c2ncc(C(=O)O)[nH]2)CCC1. The summed E-state index contributed by atoms with van der Waals surface area (Å²) in [6, 6.07) is -0.216. The number of aromatic nitrogens is 2. The van der Waals surface area contributed by atoms with Gasteiger partial charge in [0.05, 0.1) is 11.7 Å². The Bertz CT molecular complexity index is 491. The second kappa shape index (κ2) is 4.91. The molecule has 19 heavy (non-hydrogen) atoms. The standard InChI is InChI=1S/C12H18N4O3/c1-7(2)14-11(19)16-12(4-3-5-12)10-13-6-8(15-10)9(17)18/h6-7H,3-5H2,1-2H3,(H,13,15)(H,17,18)(H2,14,16,19). The number of nitrogens with zero attached hydrogens (tertiary/aromatic N) is 1. The lowest BCUT2D eigenvalue weighted by atomic mass is 9.76. The van der Waals surface area contributed by atoms with Crippen LogP contribution in [0.3, 0.4) is 0 Å². The zero-order valence-corrected chi connectivity index (χ0v) is 11.0. The zero-order valence-electron chi connectivity index (χ0n) is 11.0. The molecule has 0 radical (unpaired) electrons. The van der Waals surface area contributed by atoms with Crippen molar-refractivity contribution in [2.45, 2.75) is 44.7 Å². The van der Waals surface area contributed by atoms with E-state index in [0.717, 1.165) is 19.3 Å². The first-order valence-electron chi connectivity index (χ1n) is 6.30. The topological polar surface area (TPSA) is 107 Å². The highest BCUT2D eigenvalue weighted by atomic mass is 16.4. The number of aromatic carboxylic acids is 1. The van der Waals surface area contributed by atoms with Crippen molar-refractivity contribution in [3.63, 3.8) is 0 Å². The predicted molar refractivity (Wildman–Crippen MR) is 67.9 cm³/mol. The number of amides is 2. The summed E-state index contributed by atoms with van der Waals surface area (Å²) >= 11 is 0. The molecule has 0 aliphatic heterocycles. The van der Waals surface area contributed by atoms with E-state index in [0.29, 0.717) is 5.82 Å². The first kappa shape index (κ1) is 13.4. The highest BCUT2D eigenvalue weighted by Crippen LogP contribution is 2.39. The molecular formula is C12H18N4O3. The molecule has 2 rings (SSSR count). The maximum atomic E-state index is 11.8. The van der Waals surface area contributed by atoms with Crippen LogP contribution in [-0.4, -0.2) is 33.1 Å². The van der Waals surface area contributed by atoms with Gasteiger partial charge in [-0.2, -0.15) is 0 Å². The van der Waals surface area contributed by atoms with E-state index in [1.165, 1.54) is 6.20 Å². The van der Waals surface area contributed by atoms with Crippen LogP contribution in [0.4, 0.5) is 4.79 Å². The lowest BCUT2D eigenvalue weighted by Crippen LogP contribution is -2.55. The number of hydrogen-bond donors (Lipinski definition) is 4. The Morgan fingerprint density at radius 2 is 2.16 bits per heavy atom. The third kappa shape index (κ3) is 2.69. The molecule has 1 aromatic rings. The second-order valence-electron chi connectivity index (χ2n) is 5.14. The third-order valence-corrected chi connectivity index (χ3v) is 3.24. The smallest absolute Gasteiger partial charge is 0.353 e. The predicted octanol–water partition coefficient (Wildman–Crippen LogP) is 1.19. The molecule has 1 heterocycles. The number of nitrogens with one attached hydrogen (secondary N) is 3. The van der Waals surface area contributed by atoms with Gasteiger partial charge in [-0.05, 0) is 33.1 Å². The minimum atomic E-state index is -1.06. The van der Waals surface area contributed by atoms with Gasteiger partial charge in [-0.15, -0.1) is 0 Å². The Kier molecular flexibility index (Phi) is 3.46. The van der Waals surface area contributed by atoms with Crippen molar-refractivity contribution in [2.75, 3.05) is 0 Å². The number of carboxylic acids is 1. The van der Waals surface area contributed by atoms with E-state index in [1.807, 2.05) is 13.8 Å². The molecule has 0 spiro atoms. The van der Waals surface area contributed by atoms with E-state index in [-0.39, 0.29) is 17.8 Å². The van der Waals surface area contributed by atoms with Gasteiger partial charge in [0.25, 0.3) is 0 Å². The molecule has 7 nitrogen and oxygen atoms in total. The van der Waals surface area contributed by atoms with Gasteiger partial charge in [0.2, 0.25) is 0 Å². The minimum absolute atomic E-state index is 0.0346. The van der Waals surface area contributed by atoms with E-state index in [9.17, 15) is 9.59 Å². The number of aromatic amines is 1. The number of hydrogen-bond acceptors (Lipinski definition) is 3. The number of imidazole rings is 1. The van der Waals surface area contributed by atoms with Crippen molar-refractivity contribution in [3.05, 3.63) is 17.7 Å². The van der Waals surface area contributed by atoms with Crippen LogP contribution in [0.5, 0.6) is 0 Å². The van der Waals surface area contributed by atoms with Crippen molar-refractivity contribution in [1.82, 2.24) is 20.6 Å². The largest absolute Gasteiger partial charge is 0.477 e. The fourth-order valence-electron chi connectivity index (χ4n) is 2.14. The van der Waals surface area contributed by atoms with E-state index in [4.69, 9.17) is 5.11 Å². The molecule has 0 unspecified atom stereocenters. The number of carboxylic acid groups (broad SMARTS) is 1. The Morgan fingerprint density at radius 3 is 2.58 bits per heavy atom. The minimum Gasteiger partial charge on any atom is -0.477 e. The molecule has 104 valence electrons. The first-order valence-corrected chi connectivity index (χ1v) is 6.30. The quantitative estimate of drug-likeness (QED) is 0.656. The van der Waals surface area contributed by atoms with Gasteiger partial charge in [-0.3, -0.25) is 0 Å². The van der Waals surface area contributed by atoms with Crippen LogP contribution >= 0.6 is 0 Å². The molecule has 0 saturated heterocycles. The summed E-state index contributed by atoms with van der Waals surface area (Å²) in [6.45, 7) is 3.75. The van der Waals surface area contributed by atoms with E-state index < -0.39 is 11.5 Å². The van der Waals surface area contributed by atoms with Crippen LogP contribution in [0, 0.1) is 0 Å². The molecule has 0 bridgehead atoms. The van der Waals surface area contributed by atoms with Crippen LogP contribution in [0.25, 0.3) is 0 Å². The van der Waals surface area contributed by atoms with Crippen molar-refractivity contribution < 1.29 is 14.7 Å². The molecule has 7 heteroatoms. The second-order valence-corrected chi connectivity index (χ2v) is 5.14. The summed E-state index contributed by atoms with van der Waals surface area (Å²) in [5.74, 6) is -0.546. The average molecular weight is 266 g/mol. The number of carbonyl (C=O) groups is 2. The highest BCUT2D eigenvalue weighted by molar-refractivity contribution is 5.85. The van der Waals surface area contributed by atoms with Crippen LogP contribution in [0.1, 0.15) is 49.4 Å². The summed E-state index contributed by atoms with van der Waals surface area (Å²) < 4.78 is 0. The molecule has 1 aliphatic carbocycles. The van der Waals surface area contributed by atoms with Crippen LogP contribution in [0.15, 0.2) is 6.20 Å². The number of rotatable bonds is 4. The molecule has 2 amide bonds. The van der Waals surface area contributed by atoms with Gasteiger partial charge in [0.15, 0.2) is 0 Å². The van der Waals surface area contributed by atoms with Crippen molar-refractivity contribution >= 4 is 12.0 Å². The molecule has 4 N–H and O–H groups in total. The normalized spacial score (nSPS) is 16.8. The van der Waals surface area contributed by atoms with Crippen molar-refractivity contribution in [1.29, 1.82) is 0 Å². The Balaban J connectivity index is 2.13. The van der Waals surface area contributed by atoms with Crippen LogP contribution < -0.4 is 10.6 Å². The number of H-pyrrole nitrogens is 1. The summed E-state index contributed by atoms with van der Waals surface area (Å²) in [5, 5.41) is 14.5. The van der Waals surface area contributed by atoms with E-state index in [2.05, 4.69) is 20.6 Å². The molecule has 1 saturated carbocycles. The van der Waals surface area contributed by atoms with E-state index >= 15 is 0 Å². The third-order valence-electron chi connectivity index (χ3n) is 3.24. The van der Waals surface area contributed by atoms with E-state index in [1.54, 1.807) is 0 Å². The Morgan fingerprint density at radius 1 is 1.47 bits per heavy atom. The number of urea groups is 1. The fourth-order valence-corrected chi connectivity index (χ4v) is 2.14. The monoisotopic (exact) mass is 266 g/mol.